The number of hydrogen-bond donors (Lipinski definition) is 0. The van der Waals surface area contributed by atoms with Crippen molar-refractivity contribution in [3.05, 3.63) is 36.0 Å². The Morgan fingerprint density at radius 1 is 1.25 bits per heavy atom. The van der Waals surface area contributed by atoms with Crippen LogP contribution in [-0.2, 0) is 0 Å². The van der Waals surface area contributed by atoms with Gasteiger partial charge in [0.2, 0.25) is 0 Å². The Bertz CT molecular complexity index is 522. The molecule has 1 aromatic heterocycles. The first kappa shape index (κ1) is 10.7. The third-order valence-corrected chi connectivity index (χ3v) is 2.04. The van der Waals surface area contributed by atoms with Crippen LogP contribution in [0.4, 0.5) is 13.2 Å². The lowest BCUT2D eigenvalue weighted by Crippen LogP contribution is -2.17. The minimum absolute atomic E-state index is 0.213. The van der Waals surface area contributed by atoms with Crippen LogP contribution in [0.5, 0.6) is 5.75 Å². The fourth-order valence-electron chi connectivity index (χ4n) is 1.50. The third-order valence-electron chi connectivity index (χ3n) is 2.04. The van der Waals surface area contributed by atoms with Crippen LogP contribution in [0.25, 0.3) is 10.9 Å². The van der Waals surface area contributed by atoms with Crippen LogP contribution in [-0.4, -0.2) is 11.3 Å². The van der Waals surface area contributed by atoms with Crippen molar-refractivity contribution in [2.24, 2.45) is 0 Å². The van der Waals surface area contributed by atoms with E-state index in [1.54, 1.807) is 25.1 Å². The predicted octanol–water partition coefficient (Wildman–Crippen LogP) is 3.44. The topological polar surface area (TPSA) is 22.1 Å². The summed E-state index contributed by atoms with van der Waals surface area (Å²) in [6, 6.07) is 6.44. The fourth-order valence-corrected chi connectivity index (χ4v) is 1.50. The molecule has 1 aromatic carbocycles. The van der Waals surface area contributed by atoms with Gasteiger partial charge in [-0.1, -0.05) is 6.07 Å². The molecule has 0 aliphatic rings. The quantitative estimate of drug-likeness (QED) is 0.744. The highest BCUT2D eigenvalue weighted by Crippen LogP contribution is 2.30. The Balaban J connectivity index is 2.59. The van der Waals surface area contributed by atoms with Gasteiger partial charge in [0.05, 0.1) is 0 Å². The minimum Gasteiger partial charge on any atom is -0.403 e. The van der Waals surface area contributed by atoms with E-state index in [4.69, 9.17) is 0 Å². The number of ether oxygens (including phenoxy) is 1. The molecule has 84 valence electrons. The van der Waals surface area contributed by atoms with Crippen molar-refractivity contribution in [2.75, 3.05) is 0 Å². The van der Waals surface area contributed by atoms with E-state index in [9.17, 15) is 13.2 Å². The Hall–Kier alpha value is -1.78. The minimum atomic E-state index is -4.70. The smallest absolute Gasteiger partial charge is 0.403 e. The highest BCUT2D eigenvalue weighted by atomic mass is 19.4. The van der Waals surface area contributed by atoms with E-state index in [-0.39, 0.29) is 11.3 Å². The van der Waals surface area contributed by atoms with Crippen molar-refractivity contribution in [1.82, 2.24) is 4.98 Å². The summed E-state index contributed by atoms with van der Waals surface area (Å²) in [7, 11) is 0. The normalized spacial score (nSPS) is 11.8. The van der Waals surface area contributed by atoms with Crippen LogP contribution in [0, 0.1) is 6.92 Å². The lowest BCUT2D eigenvalue weighted by Gasteiger charge is -2.11. The number of aromatic nitrogens is 1. The monoisotopic (exact) mass is 227 g/mol. The van der Waals surface area contributed by atoms with Crippen LogP contribution >= 0.6 is 0 Å². The molecule has 2 rings (SSSR count). The lowest BCUT2D eigenvalue weighted by atomic mass is 10.1. The van der Waals surface area contributed by atoms with E-state index in [1.807, 2.05) is 0 Å². The number of aryl methyl sites for hydroxylation is 1. The Labute approximate surface area is 89.7 Å². The van der Waals surface area contributed by atoms with Gasteiger partial charge in [-0.25, -0.2) is 0 Å². The van der Waals surface area contributed by atoms with Crippen LogP contribution in [0.3, 0.4) is 0 Å². The zero-order valence-corrected chi connectivity index (χ0v) is 8.38. The molecule has 0 N–H and O–H groups in total. The van der Waals surface area contributed by atoms with E-state index in [0.717, 1.165) is 0 Å². The summed E-state index contributed by atoms with van der Waals surface area (Å²) in [6.07, 6.45) is -3.26. The molecule has 0 bridgehead atoms. The molecule has 0 aliphatic carbocycles. The second kappa shape index (κ2) is 3.66. The molecule has 16 heavy (non-hydrogen) atoms. The Morgan fingerprint density at radius 2 is 2.00 bits per heavy atom. The summed E-state index contributed by atoms with van der Waals surface area (Å²) in [5.41, 5.74) is 0.908. The molecule has 0 spiro atoms. The van der Waals surface area contributed by atoms with Crippen molar-refractivity contribution in [1.29, 1.82) is 0 Å². The summed E-state index contributed by atoms with van der Waals surface area (Å²) < 4.78 is 40.4. The number of rotatable bonds is 1. The van der Waals surface area contributed by atoms with Crippen molar-refractivity contribution in [3.63, 3.8) is 0 Å². The average molecular weight is 227 g/mol. The number of fused-ring (bicyclic) bond motifs is 1. The summed E-state index contributed by atoms with van der Waals surface area (Å²) in [5.74, 6) is -0.261. The van der Waals surface area contributed by atoms with Crippen LogP contribution < -0.4 is 4.74 Å². The highest BCUT2D eigenvalue weighted by molar-refractivity contribution is 5.85. The van der Waals surface area contributed by atoms with Gasteiger partial charge in [0.15, 0.2) is 5.75 Å². The Kier molecular flexibility index (Phi) is 2.46. The number of benzene rings is 1. The van der Waals surface area contributed by atoms with Gasteiger partial charge in [-0.05, 0) is 30.7 Å². The Morgan fingerprint density at radius 3 is 2.69 bits per heavy atom. The zero-order chi connectivity index (χ0) is 11.8. The molecule has 0 saturated heterocycles. The van der Waals surface area contributed by atoms with E-state index < -0.39 is 6.36 Å². The van der Waals surface area contributed by atoms with E-state index in [0.29, 0.717) is 10.9 Å². The van der Waals surface area contributed by atoms with Gasteiger partial charge in [-0.2, -0.15) is 0 Å². The number of hydrogen-bond acceptors (Lipinski definition) is 2. The van der Waals surface area contributed by atoms with Gasteiger partial charge in [-0.15, -0.1) is 13.2 Å². The van der Waals surface area contributed by atoms with Gasteiger partial charge in [0.1, 0.15) is 5.52 Å². The van der Waals surface area contributed by atoms with Crippen molar-refractivity contribution >= 4 is 10.9 Å². The van der Waals surface area contributed by atoms with Crippen LogP contribution in [0.1, 0.15) is 5.56 Å². The van der Waals surface area contributed by atoms with Gasteiger partial charge >= 0.3 is 6.36 Å². The molecule has 0 fully saturated rings. The molecule has 0 unspecified atom stereocenters. The second-order valence-corrected chi connectivity index (χ2v) is 3.39. The number of nitrogens with zero attached hydrogens (tertiary/aromatic N) is 1. The summed E-state index contributed by atoms with van der Waals surface area (Å²) in [4.78, 5) is 3.88. The van der Waals surface area contributed by atoms with Crippen molar-refractivity contribution < 1.29 is 17.9 Å². The molecular weight excluding hydrogens is 219 g/mol. The number of alkyl halides is 3. The predicted molar refractivity (Wildman–Crippen MR) is 53.2 cm³/mol. The average Bonchev–Trinajstić information content (AvgIpc) is 2.14. The van der Waals surface area contributed by atoms with Gasteiger partial charge < -0.3 is 4.74 Å². The maximum Gasteiger partial charge on any atom is 0.573 e. The van der Waals surface area contributed by atoms with E-state index >= 15 is 0 Å². The van der Waals surface area contributed by atoms with Gasteiger partial charge in [0, 0.05) is 11.6 Å². The van der Waals surface area contributed by atoms with Gasteiger partial charge in [-0.3, -0.25) is 4.98 Å². The first-order valence-corrected chi connectivity index (χ1v) is 4.57. The van der Waals surface area contributed by atoms with Crippen molar-refractivity contribution in [3.8, 4) is 5.75 Å². The van der Waals surface area contributed by atoms with Gasteiger partial charge in [0.25, 0.3) is 0 Å². The van der Waals surface area contributed by atoms with Crippen LogP contribution in [0.2, 0.25) is 0 Å². The van der Waals surface area contributed by atoms with E-state index in [2.05, 4.69) is 9.72 Å². The SMILES string of the molecule is Cc1cc(OC(F)(F)F)c2ncccc2c1. The molecule has 0 amide bonds. The third kappa shape index (κ3) is 2.24. The highest BCUT2D eigenvalue weighted by Gasteiger charge is 2.32. The molecule has 0 atom stereocenters. The molecule has 0 aliphatic heterocycles. The fraction of sp³-hybridized carbons (Fsp3) is 0.182. The largest absolute Gasteiger partial charge is 0.573 e. The maximum atomic E-state index is 12.2. The molecule has 2 nitrogen and oxygen atoms in total. The number of halogens is 3. The summed E-state index contributed by atoms with van der Waals surface area (Å²) in [6.45, 7) is 1.70. The number of pyridine rings is 1. The van der Waals surface area contributed by atoms with Crippen LogP contribution in [0.15, 0.2) is 30.5 Å². The lowest BCUT2D eigenvalue weighted by molar-refractivity contribution is -0.274. The summed E-state index contributed by atoms with van der Waals surface area (Å²) >= 11 is 0. The molecule has 0 radical (unpaired) electrons. The molecular formula is C11H8F3NO. The molecule has 5 heteroatoms. The summed E-state index contributed by atoms with van der Waals surface area (Å²) in [5, 5.41) is 0.627. The van der Waals surface area contributed by atoms with E-state index in [1.165, 1.54) is 12.3 Å². The first-order chi connectivity index (χ1) is 7.46. The maximum absolute atomic E-state index is 12.2. The first-order valence-electron chi connectivity index (χ1n) is 4.57. The molecule has 1 heterocycles. The second-order valence-electron chi connectivity index (χ2n) is 3.39. The zero-order valence-electron chi connectivity index (χ0n) is 8.38. The molecule has 2 aromatic rings. The molecule has 0 saturated carbocycles. The van der Waals surface area contributed by atoms with Crippen molar-refractivity contribution in [2.45, 2.75) is 13.3 Å². The standard InChI is InChI=1S/C11H8F3NO/c1-7-5-8-3-2-4-15-10(8)9(6-7)16-11(12,13)14/h2-6H,1H3.